The maximum absolute atomic E-state index is 12.4. The molecule has 0 bridgehead atoms. The fourth-order valence-electron chi connectivity index (χ4n) is 2.86. The highest BCUT2D eigenvalue weighted by Gasteiger charge is 2.22. The molecule has 0 aromatic heterocycles. The average molecular weight is 373 g/mol. The topological polar surface area (TPSA) is 58.6 Å². The molecule has 6 heteroatoms. The van der Waals surface area contributed by atoms with Gasteiger partial charge in [0, 0.05) is 34.9 Å². The van der Waals surface area contributed by atoms with Crippen LogP contribution in [-0.2, 0) is 11.3 Å². The zero-order chi connectivity index (χ0) is 18.7. The predicted octanol–water partition coefficient (Wildman–Crippen LogP) is 3.97. The van der Waals surface area contributed by atoms with Gasteiger partial charge in [-0.05, 0) is 48.4 Å². The van der Waals surface area contributed by atoms with E-state index in [1.807, 2.05) is 6.07 Å². The molecule has 1 N–H and O–H groups in total. The molecule has 0 radical (unpaired) electrons. The molecule has 26 heavy (non-hydrogen) atoms. The van der Waals surface area contributed by atoms with Crippen molar-refractivity contribution in [3.8, 4) is 5.75 Å². The number of nitrogens with one attached hydrogen (secondary N) is 1. The Morgan fingerprint density at radius 3 is 2.65 bits per heavy atom. The number of carbonyl (C=O) groups excluding carboxylic acids is 2. The molecule has 1 heterocycles. The van der Waals surface area contributed by atoms with Crippen molar-refractivity contribution in [3.63, 3.8) is 0 Å². The minimum absolute atomic E-state index is 0.0263. The predicted molar refractivity (Wildman–Crippen MR) is 102 cm³/mol. The van der Waals surface area contributed by atoms with Crippen LogP contribution in [0.25, 0.3) is 0 Å². The lowest BCUT2D eigenvalue weighted by atomic mass is 10.1. The summed E-state index contributed by atoms with van der Waals surface area (Å²) in [5, 5.41) is 3.46. The minimum atomic E-state index is -0.216. The molecule has 5 nitrogen and oxygen atoms in total. The van der Waals surface area contributed by atoms with Gasteiger partial charge in [-0.1, -0.05) is 25.4 Å². The zero-order valence-electron chi connectivity index (χ0n) is 14.8. The first-order chi connectivity index (χ1) is 12.4. The number of benzene rings is 2. The lowest BCUT2D eigenvalue weighted by Crippen LogP contribution is -2.35. The molecule has 3 rings (SSSR count). The summed E-state index contributed by atoms with van der Waals surface area (Å²) in [5.74, 6) is 0.801. The molecule has 0 aliphatic carbocycles. The zero-order valence-corrected chi connectivity index (χ0v) is 15.5. The number of rotatable bonds is 4. The molecular formula is C20H21ClN2O3. The van der Waals surface area contributed by atoms with E-state index in [0.717, 1.165) is 5.56 Å². The van der Waals surface area contributed by atoms with E-state index in [-0.39, 0.29) is 18.4 Å². The number of fused-ring (bicyclic) bond motifs is 1. The van der Waals surface area contributed by atoms with Crippen LogP contribution in [0.1, 0.15) is 29.8 Å². The third-order valence-electron chi connectivity index (χ3n) is 4.08. The molecule has 2 aromatic rings. The number of carbonyl (C=O) groups is 2. The van der Waals surface area contributed by atoms with Crippen LogP contribution in [0, 0.1) is 5.92 Å². The van der Waals surface area contributed by atoms with Gasteiger partial charge in [-0.25, -0.2) is 0 Å². The van der Waals surface area contributed by atoms with E-state index in [1.54, 1.807) is 41.3 Å². The summed E-state index contributed by atoms with van der Waals surface area (Å²) in [6.45, 7) is 5.32. The second-order valence-electron chi connectivity index (χ2n) is 6.74. The van der Waals surface area contributed by atoms with E-state index in [0.29, 0.717) is 41.0 Å². The highest BCUT2D eigenvalue weighted by atomic mass is 35.5. The Morgan fingerprint density at radius 1 is 1.23 bits per heavy atom. The number of hydrogen-bond acceptors (Lipinski definition) is 3. The van der Waals surface area contributed by atoms with Crippen molar-refractivity contribution >= 4 is 29.1 Å². The maximum Gasteiger partial charge on any atom is 0.260 e. The Balaban J connectivity index is 1.78. The first kappa shape index (κ1) is 18.3. The number of halogens is 1. The van der Waals surface area contributed by atoms with Gasteiger partial charge in [-0.2, -0.15) is 0 Å². The molecule has 0 unspecified atom stereocenters. The summed E-state index contributed by atoms with van der Waals surface area (Å²) in [6.07, 6.45) is 0. The van der Waals surface area contributed by atoms with Crippen molar-refractivity contribution in [1.29, 1.82) is 0 Å². The monoisotopic (exact) mass is 372 g/mol. The third-order valence-corrected chi connectivity index (χ3v) is 4.33. The normalized spacial score (nSPS) is 13.8. The Morgan fingerprint density at radius 2 is 1.96 bits per heavy atom. The van der Waals surface area contributed by atoms with Crippen LogP contribution in [0.2, 0.25) is 5.02 Å². The Hall–Kier alpha value is -2.53. The standard InChI is InChI=1S/C20H21ClN2O3/c1-13(2)10-23-11-15-9-17(7-8-18(15)26-12-19(23)24)22-20(25)14-3-5-16(21)6-4-14/h3-9,13H,10-12H2,1-2H3,(H,22,25). The van der Waals surface area contributed by atoms with Gasteiger partial charge < -0.3 is 15.0 Å². The van der Waals surface area contributed by atoms with Gasteiger partial charge in [0.2, 0.25) is 0 Å². The van der Waals surface area contributed by atoms with E-state index in [4.69, 9.17) is 16.3 Å². The Kier molecular flexibility index (Phi) is 5.47. The summed E-state index contributed by atoms with van der Waals surface area (Å²) < 4.78 is 5.61. The van der Waals surface area contributed by atoms with Crippen molar-refractivity contribution in [1.82, 2.24) is 4.90 Å². The molecule has 0 saturated heterocycles. The summed E-state index contributed by atoms with van der Waals surface area (Å²) in [5.41, 5.74) is 2.06. The minimum Gasteiger partial charge on any atom is -0.483 e. The van der Waals surface area contributed by atoms with Gasteiger partial charge in [0.25, 0.3) is 11.8 Å². The van der Waals surface area contributed by atoms with Crippen LogP contribution in [0.4, 0.5) is 5.69 Å². The van der Waals surface area contributed by atoms with Crippen LogP contribution >= 0.6 is 11.6 Å². The Labute approximate surface area is 157 Å². The smallest absolute Gasteiger partial charge is 0.260 e. The van der Waals surface area contributed by atoms with Crippen molar-refractivity contribution in [3.05, 3.63) is 58.6 Å². The van der Waals surface area contributed by atoms with E-state index >= 15 is 0 Å². The second kappa shape index (κ2) is 7.79. The second-order valence-corrected chi connectivity index (χ2v) is 7.18. The molecule has 0 spiro atoms. The van der Waals surface area contributed by atoms with Gasteiger partial charge in [0.15, 0.2) is 6.61 Å². The number of hydrogen-bond donors (Lipinski definition) is 1. The molecule has 2 amide bonds. The van der Waals surface area contributed by atoms with Crippen LogP contribution in [0.15, 0.2) is 42.5 Å². The van der Waals surface area contributed by atoms with Crippen LogP contribution in [0.3, 0.4) is 0 Å². The van der Waals surface area contributed by atoms with Crippen molar-refractivity contribution in [2.75, 3.05) is 18.5 Å². The lowest BCUT2D eigenvalue weighted by Gasteiger charge is -2.22. The fourth-order valence-corrected chi connectivity index (χ4v) is 2.98. The number of ether oxygens (including phenoxy) is 1. The van der Waals surface area contributed by atoms with Crippen LogP contribution < -0.4 is 10.1 Å². The third kappa shape index (κ3) is 4.35. The highest BCUT2D eigenvalue weighted by Crippen LogP contribution is 2.27. The van der Waals surface area contributed by atoms with Gasteiger partial charge in [-0.15, -0.1) is 0 Å². The van der Waals surface area contributed by atoms with E-state index < -0.39 is 0 Å². The quantitative estimate of drug-likeness (QED) is 0.883. The van der Waals surface area contributed by atoms with Gasteiger partial charge in [-0.3, -0.25) is 9.59 Å². The molecule has 1 aliphatic heterocycles. The highest BCUT2D eigenvalue weighted by molar-refractivity contribution is 6.30. The molecule has 0 saturated carbocycles. The first-order valence-electron chi connectivity index (χ1n) is 8.53. The molecular weight excluding hydrogens is 352 g/mol. The van der Waals surface area contributed by atoms with Crippen molar-refractivity contribution < 1.29 is 14.3 Å². The van der Waals surface area contributed by atoms with Gasteiger partial charge >= 0.3 is 0 Å². The van der Waals surface area contributed by atoms with Gasteiger partial charge in [0.1, 0.15) is 5.75 Å². The molecule has 1 aliphatic rings. The first-order valence-corrected chi connectivity index (χ1v) is 8.90. The van der Waals surface area contributed by atoms with Crippen molar-refractivity contribution in [2.24, 2.45) is 5.92 Å². The largest absolute Gasteiger partial charge is 0.483 e. The Bertz CT molecular complexity index is 818. The molecule has 136 valence electrons. The average Bonchev–Trinajstić information content (AvgIpc) is 2.74. The van der Waals surface area contributed by atoms with E-state index in [2.05, 4.69) is 19.2 Å². The van der Waals surface area contributed by atoms with E-state index in [1.165, 1.54) is 0 Å². The lowest BCUT2D eigenvalue weighted by molar-refractivity contribution is -0.133. The van der Waals surface area contributed by atoms with E-state index in [9.17, 15) is 9.59 Å². The summed E-state index contributed by atoms with van der Waals surface area (Å²) in [6, 6.07) is 12.1. The SMILES string of the molecule is CC(C)CN1Cc2cc(NC(=O)c3ccc(Cl)cc3)ccc2OCC1=O. The number of nitrogens with zero attached hydrogens (tertiary/aromatic N) is 1. The van der Waals surface area contributed by atoms with Crippen LogP contribution in [0.5, 0.6) is 5.75 Å². The van der Waals surface area contributed by atoms with Crippen molar-refractivity contribution in [2.45, 2.75) is 20.4 Å². The molecule has 2 aromatic carbocycles. The van der Waals surface area contributed by atoms with Crippen LogP contribution in [-0.4, -0.2) is 29.9 Å². The number of amides is 2. The summed E-state index contributed by atoms with van der Waals surface area (Å²) in [7, 11) is 0. The molecule has 0 atom stereocenters. The van der Waals surface area contributed by atoms with Gasteiger partial charge in [0.05, 0.1) is 0 Å². The fraction of sp³-hybridized carbons (Fsp3) is 0.300. The summed E-state index contributed by atoms with van der Waals surface area (Å²) >= 11 is 5.85. The number of anilines is 1. The summed E-state index contributed by atoms with van der Waals surface area (Å²) in [4.78, 5) is 26.4. The maximum atomic E-state index is 12.4. The molecule has 0 fully saturated rings.